The Labute approximate surface area is 241 Å². The second kappa shape index (κ2) is 11.7. The highest BCUT2D eigenvalue weighted by atomic mass is 19.4. The van der Waals surface area contributed by atoms with E-state index in [1.807, 2.05) is 0 Å². The molecule has 4 aliphatic rings. The first-order valence-electron chi connectivity index (χ1n) is 15.9. The molecule has 4 heterocycles. The molecule has 2 aliphatic carbocycles. The Kier molecular flexibility index (Phi) is 8.30. The van der Waals surface area contributed by atoms with Crippen molar-refractivity contribution in [3.63, 3.8) is 0 Å². The van der Waals surface area contributed by atoms with Crippen LogP contribution in [-0.4, -0.2) is 50.7 Å². The Bertz CT molecular complexity index is 1270. The van der Waals surface area contributed by atoms with Gasteiger partial charge < -0.3 is 0 Å². The number of fused-ring (bicyclic) bond motifs is 1. The van der Waals surface area contributed by atoms with E-state index in [-0.39, 0.29) is 23.4 Å². The van der Waals surface area contributed by atoms with Crippen LogP contribution >= 0.6 is 0 Å². The first-order valence-corrected chi connectivity index (χ1v) is 15.9. The fourth-order valence-corrected chi connectivity index (χ4v) is 8.30. The maximum absolute atomic E-state index is 14.3. The summed E-state index contributed by atoms with van der Waals surface area (Å²) in [4.78, 5) is 18.5. The molecule has 41 heavy (non-hydrogen) atoms. The number of likely N-dealkylation sites (tertiary alicyclic amines) is 1. The van der Waals surface area contributed by atoms with Crippen molar-refractivity contribution in [1.82, 2.24) is 29.6 Å². The third-order valence-corrected chi connectivity index (χ3v) is 10.5. The summed E-state index contributed by atoms with van der Waals surface area (Å²) in [7, 11) is 0. The van der Waals surface area contributed by atoms with Crippen LogP contribution in [-0.2, 0) is 12.7 Å². The normalized spacial score (nSPS) is 29.8. The van der Waals surface area contributed by atoms with Crippen molar-refractivity contribution in [3.8, 4) is 0 Å². The Balaban J connectivity index is 1.30. The van der Waals surface area contributed by atoms with Crippen molar-refractivity contribution in [1.29, 1.82) is 0 Å². The van der Waals surface area contributed by atoms with Gasteiger partial charge in [-0.25, -0.2) is 15.6 Å². The lowest BCUT2D eigenvalue weighted by molar-refractivity contribution is -0.136. The quantitative estimate of drug-likeness (QED) is 0.450. The van der Waals surface area contributed by atoms with Crippen LogP contribution in [0.2, 0.25) is 0 Å². The summed E-state index contributed by atoms with van der Waals surface area (Å²) in [5, 5.41) is 0. The van der Waals surface area contributed by atoms with Crippen LogP contribution in [0.5, 0.6) is 0 Å². The summed E-state index contributed by atoms with van der Waals surface area (Å²) in [6, 6.07) is 1.60. The lowest BCUT2D eigenvalue weighted by Gasteiger charge is -2.47. The number of pyridine rings is 1. The van der Waals surface area contributed by atoms with E-state index in [0.717, 1.165) is 58.3 Å². The summed E-state index contributed by atoms with van der Waals surface area (Å²) in [6.07, 6.45) is 8.58. The lowest BCUT2D eigenvalue weighted by Crippen LogP contribution is -2.52. The topological polar surface area (TPSA) is 56.9 Å². The zero-order valence-electron chi connectivity index (χ0n) is 24.8. The SMILES string of the molecule is CC(C)N1CNNC1[C@H](C1CCC1)C1CCCC(n2cc3c(C(F)(F)F)cc(CN4CCC[C@H](C)C4)cn3c2=O)C1. The Morgan fingerprint density at radius 1 is 1.02 bits per heavy atom. The number of hydrazine groups is 1. The maximum Gasteiger partial charge on any atom is 0.418 e. The van der Waals surface area contributed by atoms with Gasteiger partial charge in [0.25, 0.3) is 0 Å². The molecule has 2 aliphatic heterocycles. The molecule has 228 valence electrons. The third-order valence-electron chi connectivity index (χ3n) is 10.5. The standard InChI is InChI=1S/C31H47F3N6O/c1-20(2)40-19-35-36-29(40)28(23-8-4-9-23)24-10-5-11-25(14-24)38-18-27-26(31(32,33)34)13-22(17-39(27)30(38)41)16-37-12-6-7-21(3)15-37/h13,17-18,20-21,23-25,28-29,35-36H,4-12,14-16,19H2,1-3H3/t21-,24?,25?,28+,29?/m0/s1. The zero-order chi connectivity index (χ0) is 28.9. The molecular weight excluding hydrogens is 529 g/mol. The monoisotopic (exact) mass is 576 g/mol. The number of nitrogens with zero attached hydrogens (tertiary/aromatic N) is 4. The third kappa shape index (κ3) is 5.86. The van der Waals surface area contributed by atoms with Gasteiger partial charge in [-0.2, -0.15) is 13.2 Å². The van der Waals surface area contributed by atoms with Crippen LogP contribution in [0.3, 0.4) is 0 Å². The molecule has 0 amide bonds. The van der Waals surface area contributed by atoms with Crippen LogP contribution < -0.4 is 16.5 Å². The number of nitrogens with one attached hydrogen (secondary N) is 2. The second-order valence-electron chi connectivity index (χ2n) is 13.7. The summed E-state index contributed by atoms with van der Waals surface area (Å²) >= 11 is 0. The van der Waals surface area contributed by atoms with Crippen LogP contribution in [0.25, 0.3) is 5.52 Å². The van der Waals surface area contributed by atoms with Crippen molar-refractivity contribution < 1.29 is 13.2 Å². The van der Waals surface area contributed by atoms with Gasteiger partial charge in [0, 0.05) is 37.6 Å². The van der Waals surface area contributed by atoms with Gasteiger partial charge in [0.05, 0.1) is 23.9 Å². The number of hydrogen-bond acceptors (Lipinski definition) is 5. The minimum atomic E-state index is -4.53. The molecule has 3 unspecified atom stereocenters. The van der Waals surface area contributed by atoms with Gasteiger partial charge in [-0.05, 0) is 87.8 Å². The molecule has 0 aromatic carbocycles. The highest BCUT2D eigenvalue weighted by Gasteiger charge is 2.45. The highest BCUT2D eigenvalue weighted by molar-refractivity contribution is 5.56. The first-order chi connectivity index (χ1) is 19.6. The van der Waals surface area contributed by atoms with Gasteiger partial charge in [-0.15, -0.1) is 0 Å². The molecule has 2 saturated heterocycles. The summed E-state index contributed by atoms with van der Waals surface area (Å²) in [5.41, 5.74) is 6.41. The van der Waals surface area contributed by atoms with Crippen molar-refractivity contribution in [3.05, 3.63) is 40.1 Å². The van der Waals surface area contributed by atoms with Gasteiger partial charge in [0.2, 0.25) is 0 Å². The summed E-state index contributed by atoms with van der Waals surface area (Å²) in [5.74, 6) is 2.07. The number of hydrogen-bond donors (Lipinski definition) is 2. The number of imidazole rings is 1. The summed E-state index contributed by atoms with van der Waals surface area (Å²) in [6.45, 7) is 9.65. The number of halogens is 3. The number of aromatic nitrogens is 2. The van der Waals surface area contributed by atoms with E-state index in [4.69, 9.17) is 0 Å². The zero-order valence-corrected chi connectivity index (χ0v) is 24.8. The van der Waals surface area contributed by atoms with Gasteiger partial charge >= 0.3 is 11.9 Å². The lowest BCUT2D eigenvalue weighted by atomic mass is 9.65. The maximum atomic E-state index is 14.3. The molecular formula is C31H47F3N6O. The van der Waals surface area contributed by atoms with E-state index >= 15 is 0 Å². The van der Waals surface area contributed by atoms with Gasteiger partial charge in [0.15, 0.2) is 0 Å². The van der Waals surface area contributed by atoms with Gasteiger partial charge in [0.1, 0.15) is 0 Å². The Morgan fingerprint density at radius 3 is 2.46 bits per heavy atom. The molecule has 2 aromatic rings. The largest absolute Gasteiger partial charge is 0.418 e. The smallest absolute Gasteiger partial charge is 0.299 e. The van der Waals surface area contributed by atoms with E-state index < -0.39 is 11.7 Å². The second-order valence-corrected chi connectivity index (χ2v) is 13.7. The highest BCUT2D eigenvalue weighted by Crippen LogP contribution is 2.47. The molecule has 5 atom stereocenters. The predicted molar refractivity (Wildman–Crippen MR) is 154 cm³/mol. The van der Waals surface area contributed by atoms with Crippen molar-refractivity contribution in [2.45, 2.75) is 110 Å². The predicted octanol–water partition coefficient (Wildman–Crippen LogP) is 5.60. The fraction of sp³-hybridized carbons (Fsp3) is 0.774. The van der Waals surface area contributed by atoms with E-state index in [0.29, 0.717) is 41.8 Å². The summed E-state index contributed by atoms with van der Waals surface area (Å²) < 4.78 is 45.9. The first kappa shape index (κ1) is 29.2. The fourth-order valence-electron chi connectivity index (χ4n) is 8.30. The average Bonchev–Trinajstić information content (AvgIpc) is 3.50. The molecule has 4 fully saturated rings. The molecule has 2 saturated carbocycles. The van der Waals surface area contributed by atoms with Crippen molar-refractivity contribution >= 4 is 5.52 Å². The van der Waals surface area contributed by atoms with Gasteiger partial charge in [-0.1, -0.05) is 32.6 Å². The van der Waals surface area contributed by atoms with Crippen LogP contribution in [0.15, 0.2) is 23.3 Å². The van der Waals surface area contributed by atoms with Crippen LogP contribution in [0.1, 0.15) is 95.7 Å². The molecule has 2 N–H and O–H groups in total. The van der Waals surface area contributed by atoms with E-state index in [9.17, 15) is 18.0 Å². The molecule has 0 radical (unpaired) electrons. The van der Waals surface area contributed by atoms with E-state index in [1.54, 1.807) is 10.8 Å². The number of rotatable bonds is 7. The average molecular weight is 577 g/mol. The molecule has 6 rings (SSSR count). The molecule has 10 heteroatoms. The van der Waals surface area contributed by atoms with Crippen LogP contribution in [0, 0.1) is 23.7 Å². The number of alkyl halides is 3. The van der Waals surface area contributed by atoms with Crippen molar-refractivity contribution in [2.75, 3.05) is 19.8 Å². The Hall–Kier alpha value is -1.88. The van der Waals surface area contributed by atoms with Crippen LogP contribution in [0.4, 0.5) is 13.2 Å². The molecule has 0 spiro atoms. The minimum absolute atomic E-state index is 0.0245. The molecule has 0 bridgehead atoms. The molecule has 7 nitrogen and oxygen atoms in total. The minimum Gasteiger partial charge on any atom is -0.299 e. The van der Waals surface area contributed by atoms with Crippen molar-refractivity contribution in [2.24, 2.45) is 23.7 Å². The van der Waals surface area contributed by atoms with Gasteiger partial charge in [-0.3, -0.25) is 18.8 Å². The molecule has 2 aromatic heterocycles. The number of piperidine rings is 1. The van der Waals surface area contributed by atoms with E-state index in [1.165, 1.54) is 35.9 Å². The Morgan fingerprint density at radius 2 is 1.78 bits per heavy atom. The van der Waals surface area contributed by atoms with E-state index in [2.05, 4.69) is 41.4 Å².